The van der Waals surface area contributed by atoms with E-state index < -0.39 is 42.5 Å². The van der Waals surface area contributed by atoms with Gasteiger partial charge in [-0.1, -0.05) is 12.1 Å². The Morgan fingerprint density at radius 3 is 1.97 bits per heavy atom. The lowest BCUT2D eigenvalue weighted by atomic mass is 9.93. The summed E-state index contributed by atoms with van der Waals surface area (Å²) in [4.78, 5) is 10.5. The molecule has 9 nitrogen and oxygen atoms in total. The van der Waals surface area contributed by atoms with Crippen LogP contribution in [0.2, 0.25) is 0 Å². The fourth-order valence-electron chi connectivity index (χ4n) is 3.58. The molecule has 0 aliphatic rings. The molecule has 4 N–H and O–H groups in total. The lowest BCUT2D eigenvalue weighted by molar-refractivity contribution is -0.119. The van der Waals surface area contributed by atoms with Crippen molar-refractivity contribution in [2.24, 2.45) is 5.73 Å². The predicted molar refractivity (Wildman–Crippen MR) is 112 cm³/mol. The lowest BCUT2D eigenvalue weighted by Gasteiger charge is -2.18. The van der Waals surface area contributed by atoms with E-state index >= 15 is 0 Å². The van der Waals surface area contributed by atoms with Gasteiger partial charge in [0.15, 0.2) is 6.61 Å². The molecule has 12 heteroatoms. The summed E-state index contributed by atoms with van der Waals surface area (Å²) in [5.41, 5.74) is 5.14. The van der Waals surface area contributed by atoms with E-state index in [9.17, 15) is 30.7 Å². The number of thiol groups is 1. The zero-order chi connectivity index (χ0) is 22.0. The largest absolute Gasteiger partial charge is 0.483 e. The molecular formula is C18H13NO8S3. The maximum atomic E-state index is 11.9. The fourth-order valence-corrected chi connectivity index (χ4v) is 5.38. The summed E-state index contributed by atoms with van der Waals surface area (Å²) >= 11 is 4.31. The first-order valence-electron chi connectivity index (χ1n) is 8.23. The van der Waals surface area contributed by atoms with Gasteiger partial charge in [0.2, 0.25) is 0 Å². The Kier molecular flexibility index (Phi) is 4.60. The highest BCUT2D eigenvalue weighted by Gasteiger charge is 2.24. The van der Waals surface area contributed by atoms with E-state index in [2.05, 4.69) is 12.6 Å². The van der Waals surface area contributed by atoms with Crippen LogP contribution < -0.4 is 10.5 Å². The van der Waals surface area contributed by atoms with E-state index in [-0.39, 0.29) is 26.8 Å². The van der Waals surface area contributed by atoms with Crippen LogP contribution in [0.1, 0.15) is 0 Å². The van der Waals surface area contributed by atoms with Crippen molar-refractivity contribution in [3.8, 4) is 5.75 Å². The quantitative estimate of drug-likeness (QED) is 0.197. The first-order valence-corrected chi connectivity index (χ1v) is 11.6. The van der Waals surface area contributed by atoms with Crippen LogP contribution in [-0.2, 0) is 25.0 Å². The van der Waals surface area contributed by atoms with Crippen molar-refractivity contribution >= 4 is 71.1 Å². The molecule has 0 heterocycles. The highest BCUT2D eigenvalue weighted by atomic mass is 32.2. The highest BCUT2D eigenvalue weighted by Crippen LogP contribution is 2.45. The van der Waals surface area contributed by atoms with E-state index in [0.717, 1.165) is 6.07 Å². The van der Waals surface area contributed by atoms with Gasteiger partial charge in [-0.15, -0.1) is 12.6 Å². The number of primary amides is 1. The van der Waals surface area contributed by atoms with Crippen LogP contribution >= 0.6 is 12.6 Å². The molecular weight excluding hydrogens is 454 g/mol. The third-order valence-electron chi connectivity index (χ3n) is 4.69. The molecule has 4 aromatic rings. The van der Waals surface area contributed by atoms with Crippen LogP contribution in [0.3, 0.4) is 0 Å². The molecule has 0 radical (unpaired) electrons. The van der Waals surface area contributed by atoms with Crippen LogP contribution in [-0.4, -0.2) is 38.5 Å². The minimum Gasteiger partial charge on any atom is -0.483 e. The van der Waals surface area contributed by atoms with E-state index in [4.69, 9.17) is 10.5 Å². The maximum Gasteiger partial charge on any atom is 0.295 e. The third-order valence-corrected chi connectivity index (χ3v) is 6.86. The van der Waals surface area contributed by atoms with E-state index in [1.807, 2.05) is 0 Å². The zero-order valence-corrected chi connectivity index (χ0v) is 17.4. The molecule has 0 unspecified atom stereocenters. The minimum atomic E-state index is -4.63. The number of hydrogen-bond acceptors (Lipinski definition) is 7. The number of carbonyl (C=O) groups excluding carboxylic acids is 1. The van der Waals surface area contributed by atoms with Crippen LogP contribution in [0.5, 0.6) is 5.75 Å². The SMILES string of the molecule is NC(=O)COc1cc2c(S)cc(S(=O)(=O)O)c3ccc4c(S(=O)(=O)O)ccc1c4c23. The Morgan fingerprint density at radius 1 is 0.867 bits per heavy atom. The molecule has 0 atom stereocenters. The van der Waals surface area contributed by atoms with Gasteiger partial charge in [-0.3, -0.25) is 13.9 Å². The Labute approximate surface area is 175 Å². The summed E-state index contributed by atoms with van der Waals surface area (Å²) in [6.07, 6.45) is 0. The summed E-state index contributed by atoms with van der Waals surface area (Å²) in [6, 6.07) is 7.84. The number of benzene rings is 4. The van der Waals surface area contributed by atoms with Gasteiger partial charge in [0, 0.05) is 37.2 Å². The van der Waals surface area contributed by atoms with Crippen LogP contribution in [0, 0.1) is 0 Å². The van der Waals surface area contributed by atoms with Crippen molar-refractivity contribution in [3.05, 3.63) is 36.4 Å². The molecule has 4 rings (SSSR count). The van der Waals surface area contributed by atoms with Gasteiger partial charge in [-0.25, -0.2) is 0 Å². The smallest absolute Gasteiger partial charge is 0.295 e. The van der Waals surface area contributed by atoms with Crippen molar-refractivity contribution in [2.45, 2.75) is 14.7 Å². The predicted octanol–water partition coefficient (Wildman–Crippen LogP) is 2.23. The summed E-state index contributed by atoms with van der Waals surface area (Å²) in [7, 11) is -9.25. The lowest BCUT2D eigenvalue weighted by Crippen LogP contribution is -2.20. The van der Waals surface area contributed by atoms with Crippen molar-refractivity contribution in [3.63, 3.8) is 0 Å². The normalized spacial score (nSPS) is 12.8. The van der Waals surface area contributed by atoms with E-state index in [1.54, 1.807) is 0 Å². The number of carbonyl (C=O) groups is 1. The Bertz CT molecular complexity index is 1580. The van der Waals surface area contributed by atoms with Gasteiger partial charge in [0.05, 0.1) is 0 Å². The van der Waals surface area contributed by atoms with E-state index in [0.29, 0.717) is 16.2 Å². The standard InChI is InChI=1S/C18H13NO8S3/c19-16(20)7-27-12-5-11-13(28)6-15(30(24,25)26)10-2-1-9-14(29(21,22)23)4-3-8(12)17(9)18(10)11/h1-6,28H,7H2,(H2,19,20)(H,21,22,23)(H,24,25,26). The second-order valence-corrected chi connectivity index (χ2v) is 9.80. The van der Waals surface area contributed by atoms with Gasteiger partial charge in [-0.05, 0) is 24.3 Å². The Balaban J connectivity index is 2.29. The van der Waals surface area contributed by atoms with Crippen molar-refractivity contribution in [2.75, 3.05) is 6.61 Å². The number of rotatable bonds is 5. The van der Waals surface area contributed by atoms with Crippen LogP contribution in [0.4, 0.5) is 0 Å². The maximum absolute atomic E-state index is 11.9. The van der Waals surface area contributed by atoms with E-state index in [1.165, 1.54) is 30.3 Å². The Hall–Kier alpha value is -2.64. The molecule has 0 aliphatic carbocycles. The highest BCUT2D eigenvalue weighted by molar-refractivity contribution is 7.86. The second-order valence-electron chi connectivity index (χ2n) is 6.54. The Morgan fingerprint density at radius 2 is 1.40 bits per heavy atom. The molecule has 30 heavy (non-hydrogen) atoms. The molecule has 4 aromatic carbocycles. The molecule has 0 aromatic heterocycles. The fraction of sp³-hybridized carbons (Fsp3) is 0.0556. The van der Waals surface area contributed by atoms with Gasteiger partial charge >= 0.3 is 0 Å². The molecule has 156 valence electrons. The summed E-state index contributed by atoms with van der Waals surface area (Å²) in [5.74, 6) is -0.561. The number of amides is 1. The van der Waals surface area contributed by atoms with Crippen LogP contribution in [0.15, 0.2) is 51.1 Å². The van der Waals surface area contributed by atoms with Gasteiger partial charge in [0.1, 0.15) is 15.5 Å². The van der Waals surface area contributed by atoms with Gasteiger partial charge in [0.25, 0.3) is 26.1 Å². The molecule has 0 saturated carbocycles. The molecule has 0 spiro atoms. The van der Waals surface area contributed by atoms with Gasteiger partial charge < -0.3 is 10.5 Å². The molecule has 0 fully saturated rings. The summed E-state index contributed by atoms with van der Waals surface area (Å²) < 4.78 is 72.4. The monoisotopic (exact) mass is 467 g/mol. The molecule has 1 amide bonds. The van der Waals surface area contributed by atoms with Crippen molar-refractivity contribution in [1.29, 1.82) is 0 Å². The molecule has 0 bridgehead atoms. The van der Waals surface area contributed by atoms with Crippen LogP contribution in [0.25, 0.3) is 32.3 Å². The second kappa shape index (κ2) is 6.68. The first kappa shape index (κ1) is 20.6. The van der Waals surface area contributed by atoms with Gasteiger partial charge in [-0.2, -0.15) is 16.8 Å². The zero-order valence-electron chi connectivity index (χ0n) is 14.9. The van der Waals surface area contributed by atoms with Crippen molar-refractivity contribution in [1.82, 2.24) is 0 Å². The van der Waals surface area contributed by atoms with Crippen molar-refractivity contribution < 1.29 is 35.5 Å². The molecule has 0 saturated heterocycles. The first-order chi connectivity index (χ1) is 13.9. The number of hydrogen-bond donors (Lipinski definition) is 4. The topological polar surface area (TPSA) is 161 Å². The summed E-state index contributed by atoms with van der Waals surface area (Å²) in [5, 5.41) is 1.48. The average molecular weight is 468 g/mol. The number of ether oxygens (including phenoxy) is 1. The summed E-state index contributed by atoms with van der Waals surface area (Å²) in [6.45, 7) is -0.455. The molecule has 0 aliphatic heterocycles. The average Bonchev–Trinajstić information content (AvgIpc) is 2.63. The number of nitrogens with two attached hydrogens (primary N) is 1. The minimum absolute atomic E-state index is 0.0947. The third kappa shape index (κ3) is 3.22.